The van der Waals surface area contributed by atoms with Gasteiger partial charge in [-0.3, -0.25) is 4.79 Å². The van der Waals surface area contributed by atoms with Crippen LogP contribution in [0.1, 0.15) is 41.6 Å². The summed E-state index contributed by atoms with van der Waals surface area (Å²) >= 11 is 0. The largest absolute Gasteiger partial charge is 0.385 e. The molecule has 92 valence electrons. The first kappa shape index (κ1) is 12.1. The average Bonchev–Trinajstić information content (AvgIpc) is 2.33. The average molecular weight is 234 g/mol. The second-order valence-electron chi connectivity index (χ2n) is 4.78. The van der Waals surface area contributed by atoms with Gasteiger partial charge in [-0.1, -0.05) is 18.2 Å². The maximum atomic E-state index is 11.4. The van der Waals surface area contributed by atoms with Gasteiger partial charge in [0.05, 0.1) is 5.60 Å². The van der Waals surface area contributed by atoms with Crippen LogP contribution in [0.4, 0.5) is 0 Å². The van der Waals surface area contributed by atoms with E-state index < -0.39 is 11.5 Å². The lowest BCUT2D eigenvalue weighted by Crippen LogP contribution is -2.38. The number of rotatable bonds is 2. The predicted octanol–water partition coefficient (Wildman–Crippen LogP) is 0.874. The van der Waals surface area contributed by atoms with Crippen LogP contribution >= 0.6 is 0 Å². The Morgan fingerprint density at radius 2 is 1.88 bits per heavy atom. The van der Waals surface area contributed by atoms with E-state index in [1.807, 2.05) is 6.07 Å². The van der Waals surface area contributed by atoms with Crippen LogP contribution in [0, 0.1) is 0 Å². The molecule has 1 saturated carbocycles. The Hall–Kier alpha value is -1.39. The molecule has 0 saturated heterocycles. The van der Waals surface area contributed by atoms with Gasteiger partial charge in [-0.05, 0) is 37.3 Å². The highest BCUT2D eigenvalue weighted by atomic mass is 16.3. The topological polar surface area (TPSA) is 89.3 Å². The van der Waals surface area contributed by atoms with Gasteiger partial charge in [0.2, 0.25) is 5.91 Å². The van der Waals surface area contributed by atoms with Crippen LogP contribution in [-0.4, -0.2) is 17.1 Å². The van der Waals surface area contributed by atoms with Crippen LogP contribution in [0.15, 0.2) is 24.3 Å². The molecule has 2 rings (SSSR count). The second-order valence-corrected chi connectivity index (χ2v) is 4.78. The Balaban J connectivity index is 2.36. The lowest BCUT2D eigenvalue weighted by molar-refractivity contribution is -0.00561. The molecule has 0 aliphatic heterocycles. The van der Waals surface area contributed by atoms with Crippen molar-refractivity contribution in [1.82, 2.24) is 0 Å². The lowest BCUT2D eigenvalue weighted by Gasteiger charge is -2.36. The second kappa shape index (κ2) is 4.47. The summed E-state index contributed by atoms with van der Waals surface area (Å²) in [7, 11) is 0. The maximum Gasteiger partial charge on any atom is 0.249 e. The third-order valence-electron chi connectivity index (χ3n) is 3.55. The number of amides is 1. The SMILES string of the molecule is NC(=O)c1ccccc1C1(O)CCC(N)CC1. The zero-order chi connectivity index (χ0) is 12.5. The van der Waals surface area contributed by atoms with Crippen molar-refractivity contribution in [2.45, 2.75) is 37.3 Å². The first-order valence-corrected chi connectivity index (χ1v) is 5.90. The summed E-state index contributed by atoms with van der Waals surface area (Å²) in [5.74, 6) is -0.496. The summed E-state index contributed by atoms with van der Waals surface area (Å²) < 4.78 is 0. The quantitative estimate of drug-likeness (QED) is 0.709. The monoisotopic (exact) mass is 234 g/mol. The summed E-state index contributed by atoms with van der Waals surface area (Å²) in [6.45, 7) is 0. The zero-order valence-electron chi connectivity index (χ0n) is 9.73. The Morgan fingerprint density at radius 1 is 1.29 bits per heavy atom. The van der Waals surface area contributed by atoms with Gasteiger partial charge in [-0.25, -0.2) is 0 Å². The fourth-order valence-corrected chi connectivity index (χ4v) is 2.49. The highest BCUT2D eigenvalue weighted by molar-refractivity contribution is 5.94. The van der Waals surface area contributed by atoms with Gasteiger partial charge in [-0.2, -0.15) is 0 Å². The standard InChI is InChI=1S/C13H18N2O2/c14-9-5-7-13(17,8-6-9)11-4-2-1-3-10(11)12(15)16/h1-4,9,17H,5-8,14H2,(H2,15,16). The third-order valence-corrected chi connectivity index (χ3v) is 3.55. The predicted molar refractivity (Wildman–Crippen MR) is 65.3 cm³/mol. The molecule has 0 spiro atoms. The van der Waals surface area contributed by atoms with Gasteiger partial charge in [0, 0.05) is 11.6 Å². The first-order valence-electron chi connectivity index (χ1n) is 5.90. The number of carbonyl (C=O) groups excluding carboxylic acids is 1. The van der Waals surface area contributed by atoms with Crippen molar-refractivity contribution < 1.29 is 9.90 Å². The smallest absolute Gasteiger partial charge is 0.249 e. The Kier molecular flexibility index (Phi) is 3.17. The van der Waals surface area contributed by atoms with Crippen molar-refractivity contribution in [1.29, 1.82) is 0 Å². The molecule has 1 amide bonds. The normalized spacial score (nSPS) is 28.9. The molecular weight excluding hydrogens is 216 g/mol. The van der Waals surface area contributed by atoms with Gasteiger partial charge < -0.3 is 16.6 Å². The molecule has 1 aromatic carbocycles. The Morgan fingerprint density at radius 3 is 2.47 bits per heavy atom. The van der Waals surface area contributed by atoms with Gasteiger partial charge in [0.25, 0.3) is 0 Å². The van der Waals surface area contributed by atoms with E-state index in [2.05, 4.69) is 0 Å². The van der Waals surface area contributed by atoms with Crippen molar-refractivity contribution in [3.05, 3.63) is 35.4 Å². The van der Waals surface area contributed by atoms with E-state index in [9.17, 15) is 9.90 Å². The molecule has 4 heteroatoms. The van der Waals surface area contributed by atoms with Gasteiger partial charge in [0.1, 0.15) is 0 Å². The molecule has 0 aromatic heterocycles. The highest BCUT2D eigenvalue weighted by Crippen LogP contribution is 2.37. The number of carbonyl (C=O) groups is 1. The Labute approximate surface area is 101 Å². The van der Waals surface area contributed by atoms with Crippen molar-refractivity contribution in [3.63, 3.8) is 0 Å². The van der Waals surface area contributed by atoms with Crippen molar-refractivity contribution in [3.8, 4) is 0 Å². The fourth-order valence-electron chi connectivity index (χ4n) is 2.49. The van der Waals surface area contributed by atoms with E-state index in [1.165, 1.54) is 0 Å². The van der Waals surface area contributed by atoms with E-state index >= 15 is 0 Å². The van der Waals surface area contributed by atoms with Crippen LogP contribution in [-0.2, 0) is 5.60 Å². The lowest BCUT2D eigenvalue weighted by atomic mass is 9.76. The number of nitrogens with two attached hydrogens (primary N) is 2. The number of primary amides is 1. The van der Waals surface area contributed by atoms with Gasteiger partial charge >= 0.3 is 0 Å². The van der Waals surface area contributed by atoms with E-state index in [1.54, 1.807) is 18.2 Å². The Bertz CT molecular complexity index is 423. The number of hydrogen-bond donors (Lipinski definition) is 3. The number of benzene rings is 1. The van der Waals surface area contributed by atoms with Crippen molar-refractivity contribution >= 4 is 5.91 Å². The summed E-state index contributed by atoms with van der Waals surface area (Å²) in [5.41, 5.74) is 11.3. The molecule has 1 aromatic rings. The van der Waals surface area contributed by atoms with Crippen molar-refractivity contribution in [2.75, 3.05) is 0 Å². The molecule has 0 unspecified atom stereocenters. The molecular formula is C13H18N2O2. The summed E-state index contributed by atoms with van der Waals surface area (Å²) in [6, 6.07) is 7.15. The summed E-state index contributed by atoms with van der Waals surface area (Å²) in [5, 5.41) is 10.6. The van der Waals surface area contributed by atoms with Crippen molar-refractivity contribution in [2.24, 2.45) is 11.5 Å². The number of aliphatic hydroxyl groups is 1. The zero-order valence-corrected chi connectivity index (χ0v) is 9.73. The van der Waals surface area contributed by atoms with Gasteiger partial charge in [0.15, 0.2) is 0 Å². The molecule has 1 aliphatic carbocycles. The maximum absolute atomic E-state index is 11.4. The molecule has 0 radical (unpaired) electrons. The molecule has 1 aliphatic rings. The van der Waals surface area contributed by atoms with E-state index in [-0.39, 0.29) is 6.04 Å². The van der Waals surface area contributed by atoms with Crippen LogP contribution in [0.25, 0.3) is 0 Å². The molecule has 5 N–H and O–H groups in total. The van der Waals surface area contributed by atoms with Crippen LogP contribution in [0.3, 0.4) is 0 Å². The molecule has 0 atom stereocenters. The van der Waals surface area contributed by atoms with Gasteiger partial charge in [-0.15, -0.1) is 0 Å². The molecule has 17 heavy (non-hydrogen) atoms. The minimum atomic E-state index is -0.957. The fraction of sp³-hybridized carbons (Fsp3) is 0.462. The first-order chi connectivity index (χ1) is 8.03. The highest BCUT2D eigenvalue weighted by Gasteiger charge is 2.35. The summed E-state index contributed by atoms with van der Waals surface area (Å²) in [4.78, 5) is 11.4. The van der Waals surface area contributed by atoms with Crippen LogP contribution < -0.4 is 11.5 Å². The van der Waals surface area contributed by atoms with E-state index in [4.69, 9.17) is 11.5 Å². The molecule has 1 fully saturated rings. The minimum Gasteiger partial charge on any atom is -0.385 e. The van der Waals surface area contributed by atoms with Crippen LogP contribution in [0.5, 0.6) is 0 Å². The molecule has 0 heterocycles. The summed E-state index contributed by atoms with van der Waals surface area (Å²) in [6.07, 6.45) is 2.70. The van der Waals surface area contributed by atoms with E-state index in [0.717, 1.165) is 12.8 Å². The molecule has 0 bridgehead atoms. The van der Waals surface area contributed by atoms with Crippen LogP contribution in [0.2, 0.25) is 0 Å². The third kappa shape index (κ3) is 2.33. The molecule has 4 nitrogen and oxygen atoms in total. The minimum absolute atomic E-state index is 0.149. The van der Waals surface area contributed by atoms with E-state index in [0.29, 0.717) is 24.0 Å². The number of hydrogen-bond acceptors (Lipinski definition) is 3.